The van der Waals surface area contributed by atoms with Gasteiger partial charge in [0.15, 0.2) is 0 Å². The maximum Gasteiger partial charge on any atom is 0.430 e. The second-order valence-electron chi connectivity index (χ2n) is 2.50. The van der Waals surface area contributed by atoms with E-state index in [4.69, 9.17) is 4.74 Å². The highest BCUT2D eigenvalue weighted by atomic mass is 32.1. The molecule has 0 aromatic carbocycles. The average molecular weight is 196 g/mol. The van der Waals surface area contributed by atoms with Crippen molar-refractivity contribution in [3.63, 3.8) is 0 Å². The summed E-state index contributed by atoms with van der Waals surface area (Å²) in [7, 11) is 0. The second kappa shape index (κ2) is 3.57. The van der Waals surface area contributed by atoms with E-state index in [1.54, 1.807) is 17.6 Å². The van der Waals surface area contributed by atoms with E-state index in [9.17, 15) is 4.79 Å². The predicted octanol–water partition coefficient (Wildman–Crippen LogP) is 1.53. The summed E-state index contributed by atoms with van der Waals surface area (Å²) < 4.78 is 4.71. The van der Waals surface area contributed by atoms with Crippen LogP contribution in [0.1, 0.15) is 4.88 Å². The number of nitrogens with zero attached hydrogens (tertiary/aromatic N) is 2. The molecule has 0 unspecified atom stereocenters. The highest BCUT2D eigenvalue weighted by Crippen LogP contribution is 2.07. The van der Waals surface area contributed by atoms with Crippen LogP contribution < -0.4 is 0 Å². The summed E-state index contributed by atoms with van der Waals surface area (Å²) >= 11 is 1.58. The van der Waals surface area contributed by atoms with Gasteiger partial charge in [0.1, 0.15) is 6.61 Å². The number of cyclic esters (lactones) is 1. The quantitative estimate of drug-likeness (QED) is 0.673. The van der Waals surface area contributed by atoms with Gasteiger partial charge in [-0.05, 0) is 11.4 Å². The molecule has 2 rings (SSSR count). The molecular weight excluding hydrogens is 188 g/mol. The third kappa shape index (κ3) is 1.86. The fourth-order valence-electron chi connectivity index (χ4n) is 0.981. The van der Waals surface area contributed by atoms with Crippen LogP contribution >= 0.6 is 11.3 Å². The average Bonchev–Trinajstić information content (AvgIpc) is 2.72. The van der Waals surface area contributed by atoms with Crippen molar-refractivity contribution in [1.82, 2.24) is 5.01 Å². The summed E-state index contributed by atoms with van der Waals surface area (Å²) in [5.74, 6) is 0. The van der Waals surface area contributed by atoms with Crippen molar-refractivity contribution < 1.29 is 9.53 Å². The van der Waals surface area contributed by atoms with Crippen molar-refractivity contribution in [2.45, 2.75) is 0 Å². The molecule has 4 nitrogen and oxygen atoms in total. The topological polar surface area (TPSA) is 41.9 Å². The summed E-state index contributed by atoms with van der Waals surface area (Å²) in [5, 5.41) is 7.27. The maximum atomic E-state index is 10.9. The van der Waals surface area contributed by atoms with Crippen LogP contribution in [-0.2, 0) is 4.74 Å². The zero-order chi connectivity index (χ0) is 9.10. The van der Waals surface area contributed by atoms with Crippen LogP contribution in [0.2, 0.25) is 0 Å². The van der Waals surface area contributed by atoms with Crippen molar-refractivity contribution in [1.29, 1.82) is 0 Å². The molecule has 0 bridgehead atoms. The van der Waals surface area contributed by atoms with Crippen LogP contribution in [0.5, 0.6) is 0 Å². The zero-order valence-corrected chi connectivity index (χ0v) is 7.66. The number of hydrazone groups is 1. The molecule has 0 radical (unpaired) electrons. The molecule has 1 amide bonds. The molecule has 2 heterocycles. The predicted molar refractivity (Wildman–Crippen MR) is 50.0 cm³/mol. The number of thiophene rings is 1. The number of hydrogen-bond acceptors (Lipinski definition) is 4. The van der Waals surface area contributed by atoms with Crippen LogP contribution in [0.4, 0.5) is 4.79 Å². The first-order valence-corrected chi connectivity index (χ1v) is 4.76. The lowest BCUT2D eigenvalue weighted by Crippen LogP contribution is -2.17. The fourth-order valence-corrected chi connectivity index (χ4v) is 1.56. The van der Waals surface area contributed by atoms with Crippen LogP contribution in [0.15, 0.2) is 22.6 Å². The van der Waals surface area contributed by atoms with Crippen molar-refractivity contribution >= 4 is 23.6 Å². The highest BCUT2D eigenvalue weighted by Gasteiger charge is 2.20. The summed E-state index contributed by atoms with van der Waals surface area (Å²) in [6, 6.07) is 3.88. The molecule has 68 valence electrons. The lowest BCUT2D eigenvalue weighted by atomic mass is 10.5. The molecule has 13 heavy (non-hydrogen) atoms. The molecule has 1 saturated heterocycles. The Hall–Kier alpha value is -1.36. The lowest BCUT2D eigenvalue weighted by Gasteiger charge is -2.02. The van der Waals surface area contributed by atoms with Gasteiger partial charge in [-0.25, -0.2) is 4.79 Å². The Balaban J connectivity index is 2.01. The smallest absolute Gasteiger partial charge is 0.430 e. The molecule has 0 spiro atoms. The number of carbonyl (C=O) groups is 1. The molecule has 5 heteroatoms. The Labute approximate surface area is 79.4 Å². The Morgan fingerprint density at radius 1 is 1.69 bits per heavy atom. The first kappa shape index (κ1) is 8.25. The van der Waals surface area contributed by atoms with E-state index in [1.807, 2.05) is 17.5 Å². The monoisotopic (exact) mass is 196 g/mol. The van der Waals surface area contributed by atoms with Crippen LogP contribution in [-0.4, -0.2) is 30.5 Å². The van der Waals surface area contributed by atoms with Crippen LogP contribution in [0.25, 0.3) is 0 Å². The fraction of sp³-hybridized carbons (Fsp3) is 0.250. The van der Waals surface area contributed by atoms with Crippen molar-refractivity contribution in [2.24, 2.45) is 5.10 Å². The van der Waals surface area contributed by atoms with Crippen molar-refractivity contribution in [2.75, 3.05) is 13.2 Å². The normalized spacial score (nSPS) is 16.9. The molecule has 1 aromatic heterocycles. The van der Waals surface area contributed by atoms with E-state index in [0.29, 0.717) is 13.2 Å². The first-order valence-electron chi connectivity index (χ1n) is 3.88. The Kier molecular flexibility index (Phi) is 2.27. The summed E-state index contributed by atoms with van der Waals surface area (Å²) in [6.45, 7) is 0.974. The minimum atomic E-state index is -0.368. The van der Waals surface area contributed by atoms with E-state index < -0.39 is 0 Å². The number of amides is 1. The molecule has 0 saturated carbocycles. The molecule has 1 aliphatic rings. The molecule has 0 atom stereocenters. The Morgan fingerprint density at radius 3 is 3.23 bits per heavy atom. The van der Waals surface area contributed by atoms with Gasteiger partial charge in [-0.3, -0.25) is 0 Å². The standard InChI is InChI=1S/C8H8N2O2S/c11-8-10(3-4-12-8)9-6-7-2-1-5-13-7/h1-2,5-6H,3-4H2. The molecule has 1 aliphatic heterocycles. The van der Waals surface area contributed by atoms with E-state index in [-0.39, 0.29) is 6.09 Å². The van der Waals surface area contributed by atoms with Gasteiger partial charge >= 0.3 is 6.09 Å². The van der Waals surface area contributed by atoms with E-state index in [2.05, 4.69) is 5.10 Å². The molecular formula is C8H8N2O2S. The Bertz CT molecular complexity index is 321. The lowest BCUT2D eigenvalue weighted by molar-refractivity contribution is 0.159. The van der Waals surface area contributed by atoms with Gasteiger partial charge in [-0.15, -0.1) is 11.3 Å². The zero-order valence-electron chi connectivity index (χ0n) is 6.84. The minimum absolute atomic E-state index is 0.368. The van der Waals surface area contributed by atoms with Crippen LogP contribution in [0, 0.1) is 0 Å². The van der Waals surface area contributed by atoms with E-state index in [0.717, 1.165) is 4.88 Å². The number of rotatable bonds is 2. The van der Waals surface area contributed by atoms with Crippen molar-refractivity contribution in [3.05, 3.63) is 22.4 Å². The second-order valence-corrected chi connectivity index (χ2v) is 3.48. The van der Waals surface area contributed by atoms with Gasteiger partial charge in [0.2, 0.25) is 0 Å². The molecule has 0 N–H and O–H groups in total. The number of ether oxygens (including phenoxy) is 1. The molecule has 1 fully saturated rings. The van der Waals surface area contributed by atoms with Gasteiger partial charge in [-0.1, -0.05) is 6.07 Å². The largest absolute Gasteiger partial charge is 0.446 e. The van der Waals surface area contributed by atoms with Gasteiger partial charge in [0.25, 0.3) is 0 Å². The van der Waals surface area contributed by atoms with Gasteiger partial charge in [0, 0.05) is 4.88 Å². The molecule has 1 aromatic rings. The third-order valence-corrected chi connectivity index (χ3v) is 2.41. The van der Waals surface area contributed by atoms with E-state index in [1.165, 1.54) is 5.01 Å². The first-order chi connectivity index (χ1) is 6.36. The summed E-state index contributed by atoms with van der Waals surface area (Å²) in [4.78, 5) is 12.0. The van der Waals surface area contributed by atoms with Crippen LogP contribution in [0.3, 0.4) is 0 Å². The van der Waals surface area contributed by atoms with Gasteiger partial charge in [0.05, 0.1) is 12.8 Å². The Morgan fingerprint density at radius 2 is 2.62 bits per heavy atom. The number of hydrogen-bond donors (Lipinski definition) is 0. The maximum absolute atomic E-state index is 10.9. The number of carbonyl (C=O) groups excluding carboxylic acids is 1. The van der Waals surface area contributed by atoms with Crippen molar-refractivity contribution in [3.8, 4) is 0 Å². The SMILES string of the molecule is O=C1OCCN1N=Cc1cccs1. The van der Waals surface area contributed by atoms with E-state index >= 15 is 0 Å². The minimum Gasteiger partial charge on any atom is -0.446 e. The third-order valence-electron chi connectivity index (χ3n) is 1.61. The summed E-state index contributed by atoms with van der Waals surface area (Å²) in [6.07, 6.45) is 1.30. The van der Waals surface area contributed by atoms with Gasteiger partial charge < -0.3 is 4.74 Å². The highest BCUT2D eigenvalue weighted by molar-refractivity contribution is 7.11. The van der Waals surface area contributed by atoms with Gasteiger partial charge in [-0.2, -0.15) is 10.1 Å². The summed E-state index contributed by atoms with van der Waals surface area (Å²) in [5.41, 5.74) is 0. The molecule has 0 aliphatic carbocycles.